The first-order valence-corrected chi connectivity index (χ1v) is 11.1. The molecule has 1 aliphatic carbocycles. The molecule has 4 rings (SSSR count). The van der Waals surface area contributed by atoms with E-state index in [9.17, 15) is 9.59 Å². The highest BCUT2D eigenvalue weighted by atomic mass is 16.5. The Kier molecular flexibility index (Phi) is 6.91. The molecule has 166 valence electrons. The van der Waals surface area contributed by atoms with Crippen LogP contribution in [0.1, 0.15) is 44.1 Å². The minimum atomic E-state index is -0.218. The molecule has 0 bridgehead atoms. The van der Waals surface area contributed by atoms with E-state index < -0.39 is 0 Å². The third-order valence-electron chi connectivity index (χ3n) is 5.89. The van der Waals surface area contributed by atoms with Crippen LogP contribution in [0.3, 0.4) is 0 Å². The lowest BCUT2D eigenvalue weighted by Gasteiger charge is -2.25. The van der Waals surface area contributed by atoms with E-state index in [2.05, 4.69) is 20.7 Å². The second kappa shape index (κ2) is 10.00. The molecule has 2 fully saturated rings. The fourth-order valence-electron chi connectivity index (χ4n) is 4.15. The third-order valence-corrected chi connectivity index (χ3v) is 5.89. The summed E-state index contributed by atoms with van der Waals surface area (Å²) < 4.78 is 5.69. The van der Waals surface area contributed by atoms with Crippen LogP contribution < -0.4 is 5.32 Å². The zero-order chi connectivity index (χ0) is 21.6. The number of hydrogen-bond acceptors (Lipinski definition) is 6. The Bertz CT molecular complexity index is 885. The van der Waals surface area contributed by atoms with E-state index in [0.29, 0.717) is 19.0 Å². The fourth-order valence-corrected chi connectivity index (χ4v) is 4.15. The van der Waals surface area contributed by atoms with Gasteiger partial charge in [-0.3, -0.25) is 9.59 Å². The van der Waals surface area contributed by atoms with Crippen molar-refractivity contribution < 1.29 is 14.3 Å². The van der Waals surface area contributed by atoms with Gasteiger partial charge in [-0.15, -0.1) is 10.2 Å². The van der Waals surface area contributed by atoms with Gasteiger partial charge >= 0.3 is 0 Å². The van der Waals surface area contributed by atoms with Crippen molar-refractivity contribution in [2.45, 2.75) is 64.1 Å². The van der Waals surface area contributed by atoms with Crippen LogP contribution in [-0.2, 0) is 20.9 Å². The van der Waals surface area contributed by atoms with E-state index in [4.69, 9.17) is 4.74 Å². The second-order valence-corrected chi connectivity index (χ2v) is 8.47. The number of ether oxygens (including phenoxy) is 1. The van der Waals surface area contributed by atoms with Crippen LogP contribution in [-0.4, -0.2) is 68.8 Å². The summed E-state index contributed by atoms with van der Waals surface area (Å²) in [5.74, 6) is 0.132. The first-order chi connectivity index (χ1) is 15.1. The molecule has 2 heterocycles. The summed E-state index contributed by atoms with van der Waals surface area (Å²) in [5, 5.41) is 15.5. The molecule has 31 heavy (non-hydrogen) atoms. The fraction of sp³-hybridized carbons (Fsp3) is 0.591. The zero-order valence-corrected chi connectivity index (χ0v) is 18.0. The Morgan fingerprint density at radius 3 is 2.65 bits per heavy atom. The number of carbonyl (C=O) groups excluding carboxylic acids is 2. The smallest absolute Gasteiger partial charge is 0.246 e. The SMILES string of the molecule is Cc1ccc(-c2nnn(CC(=O)N(CC(=O)NC3CCCC3)CC3CCCO3)n2)cc1. The van der Waals surface area contributed by atoms with Crippen LogP contribution in [0.2, 0.25) is 0 Å². The predicted octanol–water partition coefficient (Wildman–Crippen LogP) is 1.71. The quantitative estimate of drug-likeness (QED) is 0.690. The van der Waals surface area contributed by atoms with Gasteiger partial charge in [-0.2, -0.15) is 4.80 Å². The van der Waals surface area contributed by atoms with Crippen molar-refractivity contribution in [2.75, 3.05) is 19.7 Å². The average Bonchev–Trinajstić information content (AvgIpc) is 3.51. The summed E-state index contributed by atoms with van der Waals surface area (Å²) >= 11 is 0. The minimum absolute atomic E-state index is 0.0225. The molecule has 0 spiro atoms. The van der Waals surface area contributed by atoms with E-state index in [1.807, 2.05) is 31.2 Å². The molecule has 1 saturated carbocycles. The van der Waals surface area contributed by atoms with Gasteiger partial charge in [-0.25, -0.2) is 0 Å². The van der Waals surface area contributed by atoms with E-state index in [0.717, 1.165) is 49.7 Å². The topological polar surface area (TPSA) is 102 Å². The molecule has 0 radical (unpaired) electrons. The van der Waals surface area contributed by atoms with E-state index in [-0.39, 0.29) is 37.0 Å². The molecule has 9 heteroatoms. The maximum absolute atomic E-state index is 13.0. The highest BCUT2D eigenvalue weighted by molar-refractivity contribution is 5.84. The van der Waals surface area contributed by atoms with Crippen molar-refractivity contribution in [1.82, 2.24) is 30.4 Å². The van der Waals surface area contributed by atoms with Crippen molar-refractivity contribution in [1.29, 1.82) is 0 Å². The molecule has 1 aliphatic heterocycles. The number of tetrazole rings is 1. The molecule has 1 aromatic heterocycles. The molecule has 9 nitrogen and oxygen atoms in total. The maximum atomic E-state index is 13.0. The number of carbonyl (C=O) groups is 2. The van der Waals surface area contributed by atoms with Crippen LogP contribution in [0.15, 0.2) is 24.3 Å². The first-order valence-electron chi connectivity index (χ1n) is 11.1. The standard InChI is InChI=1S/C22H30N6O3/c1-16-8-10-17(11-9-16)22-24-26-28(25-22)15-21(30)27(13-19-7-4-12-31-19)14-20(29)23-18-5-2-3-6-18/h8-11,18-19H,2-7,12-15H2,1H3,(H,23,29). The highest BCUT2D eigenvalue weighted by Gasteiger charge is 2.26. The minimum Gasteiger partial charge on any atom is -0.376 e. The maximum Gasteiger partial charge on any atom is 0.246 e. The van der Waals surface area contributed by atoms with Gasteiger partial charge in [-0.05, 0) is 37.8 Å². The number of benzene rings is 1. The van der Waals surface area contributed by atoms with E-state index in [1.165, 1.54) is 4.80 Å². The Morgan fingerprint density at radius 1 is 1.16 bits per heavy atom. The van der Waals surface area contributed by atoms with Crippen molar-refractivity contribution in [3.8, 4) is 11.4 Å². The van der Waals surface area contributed by atoms with Gasteiger partial charge in [-0.1, -0.05) is 42.7 Å². The number of nitrogens with one attached hydrogen (secondary N) is 1. The first kappa shape index (κ1) is 21.4. The van der Waals surface area contributed by atoms with E-state index in [1.54, 1.807) is 4.90 Å². The van der Waals surface area contributed by atoms with Gasteiger partial charge in [0.1, 0.15) is 6.54 Å². The van der Waals surface area contributed by atoms with Crippen LogP contribution in [0.4, 0.5) is 0 Å². The third kappa shape index (κ3) is 5.88. The molecule has 1 unspecified atom stereocenters. The van der Waals surface area contributed by atoms with Crippen molar-refractivity contribution >= 4 is 11.8 Å². The number of amides is 2. The number of aryl methyl sites for hydroxylation is 1. The summed E-state index contributed by atoms with van der Waals surface area (Å²) in [6.07, 6.45) is 6.15. The lowest BCUT2D eigenvalue weighted by Crippen LogP contribution is -2.47. The molecule has 2 amide bonds. The van der Waals surface area contributed by atoms with Gasteiger partial charge in [0.2, 0.25) is 17.6 Å². The van der Waals surface area contributed by atoms with Gasteiger partial charge < -0.3 is 15.0 Å². The molecule has 2 aliphatic rings. The number of aromatic nitrogens is 4. The van der Waals surface area contributed by atoms with Gasteiger partial charge in [0.15, 0.2) is 0 Å². The summed E-state index contributed by atoms with van der Waals surface area (Å²) in [6, 6.07) is 8.04. The zero-order valence-electron chi connectivity index (χ0n) is 18.0. The van der Waals surface area contributed by atoms with Crippen LogP contribution in [0, 0.1) is 6.92 Å². The van der Waals surface area contributed by atoms with Crippen molar-refractivity contribution in [3.63, 3.8) is 0 Å². The normalized spacial score (nSPS) is 18.9. The van der Waals surface area contributed by atoms with Crippen LogP contribution in [0.5, 0.6) is 0 Å². The number of hydrogen-bond donors (Lipinski definition) is 1. The molecule has 1 atom stereocenters. The van der Waals surface area contributed by atoms with Crippen molar-refractivity contribution in [2.24, 2.45) is 0 Å². The largest absolute Gasteiger partial charge is 0.376 e. The monoisotopic (exact) mass is 426 g/mol. The lowest BCUT2D eigenvalue weighted by molar-refractivity contribution is -0.138. The van der Waals surface area contributed by atoms with Crippen molar-refractivity contribution in [3.05, 3.63) is 29.8 Å². The van der Waals surface area contributed by atoms with Gasteiger partial charge in [0, 0.05) is 24.8 Å². The highest BCUT2D eigenvalue weighted by Crippen LogP contribution is 2.18. The number of rotatable bonds is 8. The lowest BCUT2D eigenvalue weighted by atomic mass is 10.1. The summed E-state index contributed by atoms with van der Waals surface area (Å²) in [6.45, 7) is 3.07. The molecular weight excluding hydrogens is 396 g/mol. The van der Waals surface area contributed by atoms with Gasteiger partial charge in [0.25, 0.3) is 0 Å². The Balaban J connectivity index is 1.39. The Labute approximate surface area is 182 Å². The number of nitrogens with zero attached hydrogens (tertiary/aromatic N) is 5. The predicted molar refractivity (Wildman–Crippen MR) is 114 cm³/mol. The molecule has 1 aromatic carbocycles. The molecule has 1 N–H and O–H groups in total. The van der Waals surface area contributed by atoms with E-state index >= 15 is 0 Å². The molecule has 2 aromatic rings. The summed E-state index contributed by atoms with van der Waals surface area (Å²) in [7, 11) is 0. The van der Waals surface area contributed by atoms with Crippen LogP contribution in [0.25, 0.3) is 11.4 Å². The Morgan fingerprint density at radius 2 is 1.94 bits per heavy atom. The second-order valence-electron chi connectivity index (χ2n) is 8.47. The summed E-state index contributed by atoms with van der Waals surface area (Å²) in [4.78, 5) is 28.4. The summed E-state index contributed by atoms with van der Waals surface area (Å²) in [5.41, 5.74) is 1.99. The molecular formula is C22H30N6O3. The Hall–Kier alpha value is -2.81. The van der Waals surface area contributed by atoms with Gasteiger partial charge in [0.05, 0.1) is 12.6 Å². The molecule has 1 saturated heterocycles. The van der Waals surface area contributed by atoms with Crippen LogP contribution >= 0.6 is 0 Å². The average molecular weight is 427 g/mol.